The number of nitrogens with one attached hydrogen (secondary N) is 1. The van der Waals surface area contributed by atoms with Crippen molar-refractivity contribution in [2.75, 3.05) is 6.54 Å². The summed E-state index contributed by atoms with van der Waals surface area (Å²) in [6.45, 7) is 2.49. The summed E-state index contributed by atoms with van der Waals surface area (Å²) >= 11 is 6.11. The summed E-state index contributed by atoms with van der Waals surface area (Å²) in [6, 6.07) is 17.2. The van der Waals surface area contributed by atoms with E-state index in [4.69, 9.17) is 11.6 Å². The number of carbonyl (C=O) groups is 2. The third-order valence-corrected chi connectivity index (χ3v) is 6.30. The number of rotatable bonds is 9. The highest BCUT2D eigenvalue weighted by Gasteiger charge is 2.30. The Bertz CT molecular complexity index is 849. The molecule has 0 saturated heterocycles. The standard InChI is InChI=1S/C26H33ClN2O2/c1-2-24(26(31)28-23-14-7-4-8-15-23)29(17-16-20-10-5-3-6-11-20)25(30)19-21-12-9-13-22(27)18-21/h3,5-6,9-13,18,23-24H,2,4,7-8,14-17,19H2,1H3,(H,28,31)/t24-/m0/s1. The molecule has 0 bridgehead atoms. The summed E-state index contributed by atoms with van der Waals surface area (Å²) in [7, 11) is 0. The molecule has 1 aliphatic rings. The molecule has 3 rings (SSSR count). The fourth-order valence-corrected chi connectivity index (χ4v) is 4.58. The summed E-state index contributed by atoms with van der Waals surface area (Å²) in [5.41, 5.74) is 2.02. The third kappa shape index (κ3) is 7.10. The van der Waals surface area contributed by atoms with E-state index < -0.39 is 6.04 Å². The highest BCUT2D eigenvalue weighted by Crippen LogP contribution is 2.19. The minimum atomic E-state index is -0.461. The van der Waals surface area contributed by atoms with Crippen molar-refractivity contribution in [3.05, 3.63) is 70.7 Å². The van der Waals surface area contributed by atoms with Gasteiger partial charge in [0.25, 0.3) is 0 Å². The lowest BCUT2D eigenvalue weighted by molar-refractivity contribution is -0.140. The Morgan fingerprint density at radius 3 is 2.42 bits per heavy atom. The molecule has 166 valence electrons. The second kappa shape index (κ2) is 11.9. The molecule has 5 heteroatoms. The number of amides is 2. The van der Waals surface area contributed by atoms with E-state index in [1.54, 1.807) is 11.0 Å². The molecule has 2 amide bonds. The molecule has 0 aromatic heterocycles. The Labute approximate surface area is 191 Å². The first kappa shape index (κ1) is 23.3. The molecule has 2 aromatic rings. The number of hydrogen-bond acceptors (Lipinski definition) is 2. The van der Waals surface area contributed by atoms with Gasteiger partial charge in [-0.25, -0.2) is 0 Å². The molecule has 1 aliphatic carbocycles. The summed E-state index contributed by atoms with van der Waals surface area (Å²) in [6.07, 6.45) is 7.17. The van der Waals surface area contributed by atoms with Crippen molar-refractivity contribution < 1.29 is 9.59 Å². The Morgan fingerprint density at radius 2 is 1.74 bits per heavy atom. The van der Waals surface area contributed by atoms with Crippen molar-refractivity contribution in [3.8, 4) is 0 Å². The largest absolute Gasteiger partial charge is 0.352 e. The zero-order chi connectivity index (χ0) is 22.1. The second-order valence-corrected chi connectivity index (χ2v) is 8.83. The summed E-state index contributed by atoms with van der Waals surface area (Å²) in [4.78, 5) is 28.3. The Morgan fingerprint density at radius 1 is 1.03 bits per heavy atom. The maximum Gasteiger partial charge on any atom is 0.243 e. The van der Waals surface area contributed by atoms with E-state index in [9.17, 15) is 9.59 Å². The molecule has 0 aliphatic heterocycles. The van der Waals surface area contributed by atoms with Gasteiger partial charge in [-0.05, 0) is 48.9 Å². The molecular formula is C26H33ClN2O2. The Hall–Kier alpha value is -2.33. The van der Waals surface area contributed by atoms with Crippen LogP contribution >= 0.6 is 11.6 Å². The van der Waals surface area contributed by atoms with Crippen LogP contribution in [0.2, 0.25) is 5.02 Å². The van der Waals surface area contributed by atoms with Crippen LogP contribution in [0.3, 0.4) is 0 Å². The van der Waals surface area contributed by atoms with Crippen LogP contribution in [0.1, 0.15) is 56.6 Å². The van der Waals surface area contributed by atoms with Gasteiger partial charge in [-0.1, -0.05) is 80.3 Å². The van der Waals surface area contributed by atoms with Crippen LogP contribution in [0, 0.1) is 0 Å². The van der Waals surface area contributed by atoms with E-state index in [-0.39, 0.29) is 24.3 Å². The highest BCUT2D eigenvalue weighted by molar-refractivity contribution is 6.30. The smallest absolute Gasteiger partial charge is 0.243 e. The van der Waals surface area contributed by atoms with Crippen LogP contribution in [0.4, 0.5) is 0 Å². The third-order valence-electron chi connectivity index (χ3n) is 6.07. The number of hydrogen-bond donors (Lipinski definition) is 1. The molecule has 1 saturated carbocycles. The van der Waals surface area contributed by atoms with Crippen LogP contribution < -0.4 is 5.32 Å². The van der Waals surface area contributed by atoms with Crippen molar-refractivity contribution >= 4 is 23.4 Å². The molecule has 31 heavy (non-hydrogen) atoms. The molecule has 1 N–H and O–H groups in total. The van der Waals surface area contributed by atoms with Gasteiger partial charge in [-0.2, -0.15) is 0 Å². The lowest BCUT2D eigenvalue weighted by Gasteiger charge is -2.33. The van der Waals surface area contributed by atoms with Crippen molar-refractivity contribution in [1.29, 1.82) is 0 Å². The fraction of sp³-hybridized carbons (Fsp3) is 0.462. The van der Waals surface area contributed by atoms with Crippen LogP contribution in [0.15, 0.2) is 54.6 Å². The van der Waals surface area contributed by atoms with Crippen molar-refractivity contribution in [3.63, 3.8) is 0 Å². The lowest BCUT2D eigenvalue weighted by atomic mass is 9.95. The summed E-state index contributed by atoms with van der Waals surface area (Å²) in [5, 5.41) is 3.84. The van der Waals surface area contributed by atoms with Crippen LogP contribution in [-0.2, 0) is 22.4 Å². The van der Waals surface area contributed by atoms with E-state index >= 15 is 0 Å². The minimum Gasteiger partial charge on any atom is -0.352 e. The van der Waals surface area contributed by atoms with Gasteiger partial charge in [0.1, 0.15) is 6.04 Å². The predicted molar refractivity (Wildman–Crippen MR) is 126 cm³/mol. The quantitative estimate of drug-likeness (QED) is 0.583. The van der Waals surface area contributed by atoms with E-state index in [2.05, 4.69) is 17.4 Å². The summed E-state index contributed by atoms with van der Waals surface area (Å²) in [5.74, 6) is -0.0641. The number of benzene rings is 2. The SMILES string of the molecule is CC[C@@H](C(=O)NC1CCCCC1)N(CCc1ccccc1)C(=O)Cc1cccc(Cl)c1. The van der Waals surface area contributed by atoms with Crippen LogP contribution in [-0.4, -0.2) is 35.3 Å². The van der Waals surface area contributed by atoms with Gasteiger partial charge in [0.15, 0.2) is 0 Å². The first-order valence-electron chi connectivity index (χ1n) is 11.4. The average molecular weight is 441 g/mol. The van der Waals surface area contributed by atoms with E-state index in [0.717, 1.165) is 43.2 Å². The molecule has 1 fully saturated rings. The van der Waals surface area contributed by atoms with Gasteiger partial charge in [0, 0.05) is 17.6 Å². The predicted octanol–water partition coefficient (Wildman–Crippen LogP) is 5.18. The van der Waals surface area contributed by atoms with Gasteiger partial charge in [-0.3, -0.25) is 9.59 Å². The average Bonchev–Trinajstić information content (AvgIpc) is 2.78. The zero-order valence-corrected chi connectivity index (χ0v) is 19.1. The van der Waals surface area contributed by atoms with Gasteiger partial charge < -0.3 is 10.2 Å². The topological polar surface area (TPSA) is 49.4 Å². The van der Waals surface area contributed by atoms with Gasteiger partial charge in [0.05, 0.1) is 6.42 Å². The molecule has 4 nitrogen and oxygen atoms in total. The molecule has 0 unspecified atom stereocenters. The fourth-order valence-electron chi connectivity index (χ4n) is 4.36. The van der Waals surface area contributed by atoms with Crippen molar-refractivity contribution in [2.45, 2.75) is 70.4 Å². The Kier molecular flexibility index (Phi) is 8.96. The van der Waals surface area contributed by atoms with E-state index in [1.165, 1.54) is 6.42 Å². The van der Waals surface area contributed by atoms with Crippen LogP contribution in [0.5, 0.6) is 0 Å². The van der Waals surface area contributed by atoms with E-state index in [0.29, 0.717) is 18.0 Å². The van der Waals surface area contributed by atoms with Crippen molar-refractivity contribution in [2.24, 2.45) is 0 Å². The summed E-state index contributed by atoms with van der Waals surface area (Å²) < 4.78 is 0. The molecular weight excluding hydrogens is 408 g/mol. The van der Waals surface area contributed by atoms with Gasteiger partial charge in [0.2, 0.25) is 11.8 Å². The number of halogens is 1. The van der Waals surface area contributed by atoms with Crippen molar-refractivity contribution in [1.82, 2.24) is 10.2 Å². The molecule has 0 radical (unpaired) electrons. The molecule has 1 atom stereocenters. The number of nitrogens with zero attached hydrogens (tertiary/aromatic N) is 1. The monoisotopic (exact) mass is 440 g/mol. The minimum absolute atomic E-state index is 0.0260. The van der Waals surface area contributed by atoms with Gasteiger partial charge >= 0.3 is 0 Å². The maximum atomic E-state index is 13.3. The normalized spacial score (nSPS) is 15.3. The first-order valence-corrected chi connectivity index (χ1v) is 11.8. The molecule has 0 spiro atoms. The second-order valence-electron chi connectivity index (χ2n) is 8.40. The number of carbonyl (C=O) groups excluding carboxylic acids is 2. The first-order chi connectivity index (χ1) is 15.1. The lowest BCUT2D eigenvalue weighted by Crippen LogP contribution is -2.52. The maximum absolute atomic E-state index is 13.3. The van der Waals surface area contributed by atoms with E-state index in [1.807, 2.05) is 43.3 Å². The highest BCUT2D eigenvalue weighted by atomic mass is 35.5. The zero-order valence-electron chi connectivity index (χ0n) is 18.4. The molecule has 2 aromatic carbocycles. The van der Waals surface area contributed by atoms with Crippen LogP contribution in [0.25, 0.3) is 0 Å². The Balaban J connectivity index is 1.74. The van der Waals surface area contributed by atoms with Gasteiger partial charge in [-0.15, -0.1) is 0 Å². The molecule has 0 heterocycles.